The van der Waals surface area contributed by atoms with E-state index in [1.165, 1.54) is 32.6 Å². The molecule has 0 atom stereocenters. The normalized spacial score (nSPS) is 10.4. The van der Waals surface area contributed by atoms with Gasteiger partial charge in [-0.3, -0.25) is 14.4 Å². The molecule has 0 heterocycles. The van der Waals surface area contributed by atoms with Crippen molar-refractivity contribution in [1.82, 2.24) is 5.43 Å². The van der Waals surface area contributed by atoms with Crippen molar-refractivity contribution in [3.63, 3.8) is 0 Å². The Bertz CT molecular complexity index is 1260. The second-order valence-corrected chi connectivity index (χ2v) is 7.14. The molecular formula is C25H23FN4O6. The number of hydrogen-bond acceptors (Lipinski definition) is 7. The minimum atomic E-state index is -1.01. The summed E-state index contributed by atoms with van der Waals surface area (Å²) >= 11 is 0. The minimum Gasteiger partial charge on any atom is -0.497 e. The number of anilines is 2. The molecule has 36 heavy (non-hydrogen) atoms. The first-order valence-electron chi connectivity index (χ1n) is 10.5. The Labute approximate surface area is 206 Å². The first kappa shape index (κ1) is 25.7. The van der Waals surface area contributed by atoms with Gasteiger partial charge in [0.25, 0.3) is 5.91 Å². The highest BCUT2D eigenvalue weighted by molar-refractivity contribution is 6.39. The summed E-state index contributed by atoms with van der Waals surface area (Å²) in [7, 11) is 2.96. The van der Waals surface area contributed by atoms with E-state index in [2.05, 4.69) is 21.2 Å². The molecule has 3 rings (SSSR count). The first-order chi connectivity index (χ1) is 17.4. The molecule has 3 aromatic carbocycles. The molecule has 10 nitrogen and oxygen atoms in total. The Morgan fingerprint density at radius 1 is 0.861 bits per heavy atom. The van der Waals surface area contributed by atoms with Gasteiger partial charge < -0.3 is 24.8 Å². The van der Waals surface area contributed by atoms with Crippen LogP contribution < -0.4 is 30.3 Å². The van der Waals surface area contributed by atoms with Crippen LogP contribution in [0.5, 0.6) is 17.2 Å². The highest BCUT2D eigenvalue weighted by atomic mass is 19.1. The number of hydrogen-bond donors (Lipinski definition) is 3. The second kappa shape index (κ2) is 12.5. The van der Waals surface area contributed by atoms with Gasteiger partial charge in [-0.15, -0.1) is 0 Å². The van der Waals surface area contributed by atoms with Crippen LogP contribution in [0.1, 0.15) is 5.56 Å². The number of ether oxygens (including phenoxy) is 3. The fourth-order valence-corrected chi connectivity index (χ4v) is 2.86. The lowest BCUT2D eigenvalue weighted by atomic mass is 10.2. The summed E-state index contributed by atoms with van der Waals surface area (Å²) in [6.45, 7) is -0.264. The molecule has 3 N–H and O–H groups in total. The van der Waals surface area contributed by atoms with E-state index in [4.69, 9.17) is 14.2 Å². The molecule has 0 saturated carbocycles. The third kappa shape index (κ3) is 7.55. The molecule has 3 aromatic rings. The number of hydrazone groups is 1. The van der Waals surface area contributed by atoms with Crippen molar-refractivity contribution in [2.24, 2.45) is 5.10 Å². The third-order valence-electron chi connectivity index (χ3n) is 4.59. The number of rotatable bonds is 9. The van der Waals surface area contributed by atoms with Gasteiger partial charge in [0, 0.05) is 17.4 Å². The van der Waals surface area contributed by atoms with Gasteiger partial charge in [0.2, 0.25) is 0 Å². The van der Waals surface area contributed by atoms with Crippen LogP contribution in [0.25, 0.3) is 0 Å². The molecule has 0 fully saturated rings. The van der Waals surface area contributed by atoms with Crippen LogP contribution in [-0.4, -0.2) is 44.8 Å². The lowest BCUT2D eigenvalue weighted by Gasteiger charge is -2.12. The van der Waals surface area contributed by atoms with Crippen molar-refractivity contribution in [2.75, 3.05) is 31.5 Å². The summed E-state index contributed by atoms with van der Waals surface area (Å²) in [5.41, 5.74) is 3.45. The Kier molecular flexibility index (Phi) is 8.93. The minimum absolute atomic E-state index is 0.262. The highest BCUT2D eigenvalue weighted by Gasteiger charge is 2.13. The summed E-state index contributed by atoms with van der Waals surface area (Å²) < 4.78 is 28.9. The van der Waals surface area contributed by atoms with Gasteiger partial charge in [-0.05, 0) is 60.2 Å². The smallest absolute Gasteiger partial charge is 0.329 e. The lowest BCUT2D eigenvalue weighted by molar-refractivity contribution is -0.136. The molecule has 0 bridgehead atoms. The fourth-order valence-electron chi connectivity index (χ4n) is 2.86. The Morgan fingerprint density at radius 2 is 1.64 bits per heavy atom. The molecular weight excluding hydrogens is 471 g/mol. The van der Waals surface area contributed by atoms with Crippen LogP contribution in [0.3, 0.4) is 0 Å². The number of carbonyl (C=O) groups excluding carboxylic acids is 3. The van der Waals surface area contributed by atoms with E-state index < -0.39 is 17.6 Å². The summed E-state index contributed by atoms with van der Waals surface area (Å²) in [5.74, 6) is -1.57. The van der Waals surface area contributed by atoms with Crippen LogP contribution in [0.2, 0.25) is 0 Å². The second-order valence-electron chi connectivity index (χ2n) is 7.14. The average Bonchev–Trinajstić information content (AvgIpc) is 2.89. The van der Waals surface area contributed by atoms with Gasteiger partial charge >= 0.3 is 11.8 Å². The highest BCUT2D eigenvalue weighted by Crippen LogP contribution is 2.27. The summed E-state index contributed by atoms with van der Waals surface area (Å²) in [5, 5.41) is 8.77. The average molecular weight is 494 g/mol. The summed E-state index contributed by atoms with van der Waals surface area (Å²) in [6.07, 6.45) is 1.30. The number of nitrogens with zero attached hydrogens (tertiary/aromatic N) is 1. The van der Waals surface area contributed by atoms with Gasteiger partial charge in [0.1, 0.15) is 11.6 Å². The van der Waals surface area contributed by atoms with E-state index in [1.54, 1.807) is 42.5 Å². The quantitative estimate of drug-likeness (QED) is 0.239. The van der Waals surface area contributed by atoms with Crippen molar-refractivity contribution in [3.05, 3.63) is 78.1 Å². The Morgan fingerprint density at radius 3 is 2.36 bits per heavy atom. The molecule has 11 heteroatoms. The monoisotopic (exact) mass is 494 g/mol. The number of carbonyl (C=O) groups is 3. The molecule has 3 amide bonds. The molecule has 0 aliphatic heterocycles. The van der Waals surface area contributed by atoms with E-state index in [-0.39, 0.29) is 18.2 Å². The van der Waals surface area contributed by atoms with Crippen LogP contribution in [0.4, 0.5) is 15.8 Å². The zero-order valence-corrected chi connectivity index (χ0v) is 19.4. The molecule has 0 aromatic heterocycles. The van der Waals surface area contributed by atoms with Crippen molar-refractivity contribution < 1.29 is 33.0 Å². The first-order valence-corrected chi connectivity index (χ1v) is 10.5. The van der Waals surface area contributed by atoms with Gasteiger partial charge in [-0.25, -0.2) is 9.82 Å². The van der Waals surface area contributed by atoms with Crippen LogP contribution in [0, 0.1) is 5.82 Å². The number of amides is 3. The lowest BCUT2D eigenvalue weighted by Crippen LogP contribution is -2.32. The number of nitrogens with one attached hydrogen (secondary N) is 3. The SMILES string of the molecule is COc1cccc(NC(=O)COc2ccc(/C=N\NC(=O)C(=O)Nc3ccc(F)cc3)cc2OC)c1. The van der Waals surface area contributed by atoms with Gasteiger partial charge in [0.05, 0.1) is 20.4 Å². The Hall–Kier alpha value is -4.93. The molecule has 0 radical (unpaired) electrons. The molecule has 0 aliphatic carbocycles. The van der Waals surface area contributed by atoms with Gasteiger partial charge in [-0.2, -0.15) is 5.10 Å². The third-order valence-corrected chi connectivity index (χ3v) is 4.59. The molecule has 0 spiro atoms. The summed E-state index contributed by atoms with van der Waals surface area (Å²) in [6, 6.07) is 16.6. The van der Waals surface area contributed by atoms with Crippen molar-refractivity contribution in [3.8, 4) is 17.2 Å². The Balaban J connectivity index is 1.52. The van der Waals surface area contributed by atoms with E-state index in [0.29, 0.717) is 28.5 Å². The van der Waals surface area contributed by atoms with E-state index in [1.807, 2.05) is 0 Å². The zero-order valence-electron chi connectivity index (χ0n) is 19.4. The maximum Gasteiger partial charge on any atom is 0.329 e. The molecule has 0 aliphatic rings. The predicted molar refractivity (Wildman–Crippen MR) is 131 cm³/mol. The van der Waals surface area contributed by atoms with E-state index >= 15 is 0 Å². The molecule has 0 saturated heterocycles. The standard InChI is InChI=1S/C25H23FN4O6/c1-34-20-5-3-4-19(13-20)28-23(31)15-36-21-11-6-16(12-22(21)35-2)14-27-30-25(33)24(32)29-18-9-7-17(26)8-10-18/h3-14H,15H2,1-2H3,(H,28,31)(H,29,32)(H,30,33)/b27-14-. The van der Waals surface area contributed by atoms with Crippen molar-refractivity contribution in [1.29, 1.82) is 0 Å². The van der Waals surface area contributed by atoms with E-state index in [9.17, 15) is 18.8 Å². The topological polar surface area (TPSA) is 127 Å². The van der Waals surface area contributed by atoms with Crippen LogP contribution in [-0.2, 0) is 14.4 Å². The fraction of sp³-hybridized carbons (Fsp3) is 0.120. The van der Waals surface area contributed by atoms with Gasteiger partial charge in [0.15, 0.2) is 18.1 Å². The maximum absolute atomic E-state index is 12.9. The maximum atomic E-state index is 12.9. The van der Waals surface area contributed by atoms with E-state index in [0.717, 1.165) is 12.1 Å². The molecule has 186 valence electrons. The van der Waals surface area contributed by atoms with Crippen molar-refractivity contribution in [2.45, 2.75) is 0 Å². The molecule has 0 unspecified atom stereocenters. The van der Waals surface area contributed by atoms with Gasteiger partial charge in [-0.1, -0.05) is 6.07 Å². The summed E-state index contributed by atoms with van der Waals surface area (Å²) in [4.78, 5) is 36.0. The number of methoxy groups -OCH3 is 2. The number of benzene rings is 3. The van der Waals surface area contributed by atoms with Crippen LogP contribution in [0.15, 0.2) is 71.8 Å². The number of halogens is 1. The van der Waals surface area contributed by atoms with Crippen molar-refractivity contribution >= 4 is 35.3 Å². The zero-order chi connectivity index (χ0) is 25.9. The van der Waals surface area contributed by atoms with Crippen LogP contribution >= 0.6 is 0 Å². The largest absolute Gasteiger partial charge is 0.497 e. The predicted octanol–water partition coefficient (Wildman–Crippen LogP) is 2.95.